The van der Waals surface area contributed by atoms with Gasteiger partial charge in [0.25, 0.3) is 0 Å². The first kappa shape index (κ1) is 12.5. The highest BCUT2D eigenvalue weighted by molar-refractivity contribution is 6.07. The molecule has 1 heterocycles. The van der Waals surface area contributed by atoms with Crippen molar-refractivity contribution in [2.24, 2.45) is 0 Å². The van der Waals surface area contributed by atoms with Crippen LogP contribution in [0.2, 0.25) is 0 Å². The molecule has 0 N–H and O–H groups in total. The minimum Gasteiger partial charge on any atom is -0.287 e. The lowest BCUT2D eigenvalue weighted by Crippen LogP contribution is -2.10. The highest BCUT2D eigenvalue weighted by atomic mass is 19.1. The number of benzene rings is 1. The fourth-order valence-corrected chi connectivity index (χ4v) is 1.82. The molecule has 0 aliphatic heterocycles. The summed E-state index contributed by atoms with van der Waals surface area (Å²) in [5.41, 5.74) is 1.93. The number of carbonyl (C=O) groups is 1. The van der Waals surface area contributed by atoms with Crippen LogP contribution in [0.4, 0.5) is 4.39 Å². The zero-order valence-corrected chi connectivity index (χ0v) is 10.5. The third-order valence-corrected chi connectivity index (χ3v) is 2.83. The molecular weight excluding hydrogens is 231 g/mol. The van der Waals surface area contributed by atoms with E-state index >= 15 is 0 Å². The van der Waals surface area contributed by atoms with E-state index in [0.717, 1.165) is 12.1 Å². The van der Waals surface area contributed by atoms with Gasteiger partial charge in [-0.1, -0.05) is 6.92 Å². The van der Waals surface area contributed by atoms with Gasteiger partial charge >= 0.3 is 0 Å². The number of hydrogen-bond acceptors (Lipinski definition) is 2. The molecule has 4 heteroatoms. The largest absolute Gasteiger partial charge is 0.287 e. The number of carbonyl (C=O) groups excluding carboxylic acids is 1. The normalized spacial score (nSPS) is 10.6. The van der Waals surface area contributed by atoms with Gasteiger partial charge in [0.05, 0.1) is 5.69 Å². The van der Waals surface area contributed by atoms with Gasteiger partial charge in [0.15, 0.2) is 0 Å². The Morgan fingerprint density at radius 1 is 1.28 bits per heavy atom. The summed E-state index contributed by atoms with van der Waals surface area (Å²) < 4.78 is 14.5. The summed E-state index contributed by atoms with van der Waals surface area (Å²) in [6.45, 7) is 4.57. The van der Waals surface area contributed by atoms with Gasteiger partial charge < -0.3 is 0 Å². The first-order chi connectivity index (χ1) is 8.65. The summed E-state index contributed by atoms with van der Waals surface area (Å²) in [7, 11) is 0. The van der Waals surface area contributed by atoms with Gasteiger partial charge in [-0.15, -0.1) is 0 Å². The van der Waals surface area contributed by atoms with Crippen LogP contribution in [-0.4, -0.2) is 15.6 Å². The number of halogens is 1. The molecule has 0 bridgehead atoms. The van der Waals surface area contributed by atoms with Crippen LogP contribution in [0, 0.1) is 5.82 Å². The van der Waals surface area contributed by atoms with Crippen molar-refractivity contribution < 1.29 is 9.18 Å². The van der Waals surface area contributed by atoms with Crippen molar-refractivity contribution in [1.82, 2.24) is 9.78 Å². The Labute approximate surface area is 105 Å². The van der Waals surface area contributed by atoms with E-state index in [9.17, 15) is 9.18 Å². The molecule has 0 amide bonds. The number of nitrogens with zero attached hydrogens (tertiary/aromatic N) is 2. The summed E-state index contributed by atoms with van der Waals surface area (Å²) >= 11 is 0. The lowest BCUT2D eigenvalue weighted by atomic mass is 10.1. The molecule has 94 valence electrons. The van der Waals surface area contributed by atoms with Gasteiger partial charge in [-0.05, 0) is 43.7 Å². The molecule has 2 aromatic rings. The number of aryl methyl sites for hydroxylation is 2. The van der Waals surface area contributed by atoms with Crippen molar-refractivity contribution in [3.05, 3.63) is 53.1 Å². The summed E-state index contributed by atoms with van der Waals surface area (Å²) in [4.78, 5) is 12.3. The van der Waals surface area contributed by atoms with Crippen molar-refractivity contribution in [2.45, 2.75) is 26.8 Å². The minimum absolute atomic E-state index is 0.121. The average Bonchev–Trinajstić information content (AvgIpc) is 2.82. The van der Waals surface area contributed by atoms with E-state index in [0.29, 0.717) is 17.8 Å². The van der Waals surface area contributed by atoms with E-state index in [-0.39, 0.29) is 11.6 Å². The van der Waals surface area contributed by atoms with Crippen LogP contribution in [0.15, 0.2) is 30.3 Å². The molecular formula is C14H15FN2O. The molecule has 0 aliphatic rings. The van der Waals surface area contributed by atoms with E-state index in [1.54, 1.807) is 10.7 Å². The van der Waals surface area contributed by atoms with Crippen molar-refractivity contribution >= 4 is 5.78 Å². The first-order valence-electron chi connectivity index (χ1n) is 6.02. The van der Waals surface area contributed by atoms with Crippen molar-refractivity contribution in [3.63, 3.8) is 0 Å². The Kier molecular flexibility index (Phi) is 3.55. The molecule has 0 spiro atoms. The quantitative estimate of drug-likeness (QED) is 0.777. The lowest BCUT2D eigenvalue weighted by molar-refractivity contribution is 0.102. The van der Waals surface area contributed by atoms with Gasteiger partial charge in [-0.25, -0.2) is 4.39 Å². The maximum absolute atomic E-state index is 12.8. The topological polar surface area (TPSA) is 34.9 Å². The Morgan fingerprint density at radius 2 is 1.94 bits per heavy atom. The third-order valence-electron chi connectivity index (χ3n) is 2.83. The van der Waals surface area contributed by atoms with Gasteiger partial charge in [0, 0.05) is 12.1 Å². The van der Waals surface area contributed by atoms with E-state index in [1.807, 2.05) is 13.8 Å². The van der Waals surface area contributed by atoms with E-state index in [2.05, 4.69) is 5.10 Å². The first-order valence-corrected chi connectivity index (χ1v) is 6.02. The second-order valence-corrected chi connectivity index (χ2v) is 4.03. The van der Waals surface area contributed by atoms with E-state index < -0.39 is 0 Å². The molecule has 0 unspecified atom stereocenters. The molecule has 0 aliphatic carbocycles. The molecule has 2 rings (SSSR count). The van der Waals surface area contributed by atoms with Crippen LogP contribution in [0.1, 0.15) is 35.6 Å². The highest BCUT2D eigenvalue weighted by Crippen LogP contribution is 2.13. The molecule has 0 atom stereocenters. The molecule has 0 radical (unpaired) electrons. The van der Waals surface area contributed by atoms with E-state index in [4.69, 9.17) is 0 Å². The highest BCUT2D eigenvalue weighted by Gasteiger charge is 2.15. The minimum atomic E-state index is -0.343. The van der Waals surface area contributed by atoms with Crippen molar-refractivity contribution in [1.29, 1.82) is 0 Å². The van der Waals surface area contributed by atoms with Crippen molar-refractivity contribution in [2.75, 3.05) is 0 Å². The summed E-state index contributed by atoms with van der Waals surface area (Å²) in [5, 5.41) is 4.33. The fraction of sp³-hybridized carbons (Fsp3) is 0.286. The van der Waals surface area contributed by atoms with Gasteiger partial charge in [0.1, 0.15) is 11.5 Å². The maximum Gasteiger partial charge on any atom is 0.211 e. The molecule has 18 heavy (non-hydrogen) atoms. The number of aromatic nitrogens is 2. The maximum atomic E-state index is 12.8. The molecule has 0 fully saturated rings. The van der Waals surface area contributed by atoms with E-state index in [1.165, 1.54) is 24.3 Å². The predicted molar refractivity (Wildman–Crippen MR) is 67.1 cm³/mol. The van der Waals surface area contributed by atoms with Crippen LogP contribution in [-0.2, 0) is 13.0 Å². The SMILES string of the molecule is CCc1cc(C(=O)c2ccc(F)cc2)n(CC)n1. The Morgan fingerprint density at radius 3 is 2.50 bits per heavy atom. The average molecular weight is 246 g/mol. The van der Waals surface area contributed by atoms with Crippen LogP contribution < -0.4 is 0 Å². The molecule has 1 aromatic heterocycles. The molecule has 0 saturated heterocycles. The van der Waals surface area contributed by atoms with Gasteiger partial charge in [-0.3, -0.25) is 9.48 Å². The molecule has 1 aromatic carbocycles. The van der Waals surface area contributed by atoms with Gasteiger partial charge in [-0.2, -0.15) is 5.10 Å². The van der Waals surface area contributed by atoms with Gasteiger partial charge in [0.2, 0.25) is 5.78 Å². The summed E-state index contributed by atoms with van der Waals surface area (Å²) in [6, 6.07) is 7.38. The van der Waals surface area contributed by atoms with Crippen molar-refractivity contribution in [3.8, 4) is 0 Å². The molecule has 3 nitrogen and oxygen atoms in total. The number of rotatable bonds is 4. The number of hydrogen-bond donors (Lipinski definition) is 0. The van der Waals surface area contributed by atoms with Crippen LogP contribution in [0.5, 0.6) is 0 Å². The van der Waals surface area contributed by atoms with Crippen LogP contribution in [0.3, 0.4) is 0 Å². The smallest absolute Gasteiger partial charge is 0.211 e. The molecule has 0 saturated carbocycles. The fourth-order valence-electron chi connectivity index (χ4n) is 1.82. The monoisotopic (exact) mass is 246 g/mol. The Bertz CT molecular complexity index is 558. The second kappa shape index (κ2) is 5.12. The predicted octanol–water partition coefficient (Wildman–Crippen LogP) is 2.84. The summed E-state index contributed by atoms with van der Waals surface area (Å²) in [6.07, 6.45) is 0.788. The van der Waals surface area contributed by atoms with Crippen LogP contribution in [0.25, 0.3) is 0 Å². The summed E-state index contributed by atoms with van der Waals surface area (Å²) in [5.74, 6) is -0.464. The Hall–Kier alpha value is -1.97. The zero-order chi connectivity index (χ0) is 13.1. The third kappa shape index (κ3) is 2.32. The second-order valence-electron chi connectivity index (χ2n) is 4.03. The van der Waals surface area contributed by atoms with Crippen LogP contribution >= 0.6 is 0 Å². The zero-order valence-electron chi connectivity index (χ0n) is 10.5. The Balaban J connectivity index is 2.38. The number of ketones is 1. The lowest BCUT2D eigenvalue weighted by Gasteiger charge is -2.03. The standard InChI is InChI=1S/C14H15FN2O/c1-3-12-9-13(17(4-2)16-12)14(18)10-5-7-11(15)8-6-10/h5-9H,3-4H2,1-2H3.